The maximum Gasteiger partial charge on any atom is 0.252 e. The smallest absolute Gasteiger partial charge is 0.252 e. The Bertz CT molecular complexity index is 791. The molecule has 0 spiro atoms. The molecule has 0 aliphatic rings. The van der Waals surface area contributed by atoms with E-state index in [9.17, 15) is 4.79 Å². The Balaban J connectivity index is 1.87. The molecule has 1 heterocycles. The minimum Gasteiger partial charge on any atom is -0.345 e. The highest BCUT2D eigenvalue weighted by molar-refractivity contribution is 9.11. The van der Waals surface area contributed by atoms with E-state index in [0.717, 1.165) is 9.35 Å². The summed E-state index contributed by atoms with van der Waals surface area (Å²) in [6.45, 7) is 2.01. The lowest BCUT2D eigenvalue weighted by Gasteiger charge is -2.16. The highest BCUT2D eigenvalue weighted by Gasteiger charge is 2.14. The van der Waals surface area contributed by atoms with E-state index in [0.29, 0.717) is 5.56 Å². The van der Waals surface area contributed by atoms with Crippen LogP contribution in [0.2, 0.25) is 0 Å². The van der Waals surface area contributed by atoms with Crippen molar-refractivity contribution in [2.24, 2.45) is 0 Å². The second-order valence-electron chi connectivity index (χ2n) is 4.90. The molecule has 0 saturated heterocycles. The maximum atomic E-state index is 12.3. The molecule has 2 nitrogen and oxygen atoms in total. The van der Waals surface area contributed by atoms with Crippen molar-refractivity contribution in [1.29, 1.82) is 0 Å². The molecule has 1 aromatic heterocycles. The molecule has 3 rings (SSSR count). The van der Waals surface area contributed by atoms with Crippen LogP contribution < -0.4 is 5.32 Å². The minimum atomic E-state index is -0.0441. The van der Waals surface area contributed by atoms with E-state index in [4.69, 9.17) is 0 Å². The molecule has 1 N–H and O–H groups in total. The van der Waals surface area contributed by atoms with Gasteiger partial charge in [0, 0.05) is 5.38 Å². The van der Waals surface area contributed by atoms with Crippen LogP contribution in [-0.2, 0) is 0 Å². The number of rotatable bonds is 3. The zero-order valence-corrected chi connectivity index (χ0v) is 13.9. The lowest BCUT2D eigenvalue weighted by Crippen LogP contribution is -2.26. The van der Waals surface area contributed by atoms with Gasteiger partial charge in [0.2, 0.25) is 0 Å². The van der Waals surface area contributed by atoms with Crippen molar-refractivity contribution in [2.75, 3.05) is 0 Å². The van der Waals surface area contributed by atoms with Crippen molar-refractivity contribution >= 4 is 43.9 Å². The van der Waals surface area contributed by atoms with Crippen molar-refractivity contribution < 1.29 is 4.79 Å². The van der Waals surface area contributed by atoms with Crippen molar-refractivity contribution in [3.8, 4) is 0 Å². The molecule has 1 atom stereocenters. The Morgan fingerprint density at radius 2 is 1.95 bits per heavy atom. The van der Waals surface area contributed by atoms with E-state index < -0.39 is 0 Å². The Labute approximate surface area is 135 Å². The van der Waals surface area contributed by atoms with Crippen LogP contribution in [0, 0.1) is 0 Å². The van der Waals surface area contributed by atoms with Crippen molar-refractivity contribution in [3.63, 3.8) is 0 Å². The third-order valence-corrected chi connectivity index (χ3v) is 4.97. The molecular weight excluding hydrogens is 346 g/mol. The van der Waals surface area contributed by atoms with Gasteiger partial charge in [-0.2, -0.15) is 0 Å². The van der Waals surface area contributed by atoms with Gasteiger partial charge in [-0.15, -0.1) is 11.3 Å². The minimum absolute atomic E-state index is 0.0396. The first-order valence-electron chi connectivity index (χ1n) is 6.68. The second-order valence-corrected chi connectivity index (χ2v) is 7.19. The van der Waals surface area contributed by atoms with Gasteiger partial charge in [0.05, 0.1) is 15.4 Å². The van der Waals surface area contributed by atoms with E-state index in [1.165, 1.54) is 22.1 Å². The molecule has 4 heteroatoms. The topological polar surface area (TPSA) is 29.1 Å². The van der Waals surface area contributed by atoms with Crippen LogP contribution in [0.15, 0.2) is 57.7 Å². The van der Waals surface area contributed by atoms with E-state index in [1.54, 1.807) is 0 Å². The fourth-order valence-corrected chi connectivity index (χ4v) is 3.55. The van der Waals surface area contributed by atoms with Crippen LogP contribution in [0.4, 0.5) is 0 Å². The average Bonchev–Trinajstić information content (AvgIpc) is 2.93. The summed E-state index contributed by atoms with van der Waals surface area (Å²) in [5.74, 6) is -0.0441. The largest absolute Gasteiger partial charge is 0.345 e. The number of hydrogen-bond acceptors (Lipinski definition) is 2. The molecule has 0 radical (unpaired) electrons. The highest BCUT2D eigenvalue weighted by atomic mass is 79.9. The number of carbonyl (C=O) groups excluding carboxylic acids is 1. The highest BCUT2D eigenvalue weighted by Crippen LogP contribution is 2.25. The van der Waals surface area contributed by atoms with Crippen molar-refractivity contribution in [1.82, 2.24) is 5.32 Å². The predicted octanol–water partition coefficient (Wildman–Crippen LogP) is 5.15. The zero-order valence-electron chi connectivity index (χ0n) is 11.5. The zero-order chi connectivity index (χ0) is 14.8. The van der Waals surface area contributed by atoms with Gasteiger partial charge in [-0.1, -0.05) is 42.5 Å². The summed E-state index contributed by atoms with van der Waals surface area (Å²) >= 11 is 4.90. The van der Waals surface area contributed by atoms with Crippen LogP contribution in [0.25, 0.3) is 10.8 Å². The number of hydrogen-bond donors (Lipinski definition) is 1. The monoisotopic (exact) mass is 359 g/mol. The molecule has 0 aliphatic carbocycles. The molecule has 21 heavy (non-hydrogen) atoms. The van der Waals surface area contributed by atoms with E-state index in [-0.39, 0.29) is 11.9 Å². The lowest BCUT2D eigenvalue weighted by molar-refractivity contribution is 0.0940. The molecule has 106 valence electrons. The third-order valence-electron chi connectivity index (χ3n) is 3.47. The number of fused-ring (bicyclic) bond motifs is 1. The van der Waals surface area contributed by atoms with E-state index in [2.05, 4.69) is 45.5 Å². The summed E-state index contributed by atoms with van der Waals surface area (Å²) in [6, 6.07) is 16.2. The number of nitrogens with one attached hydrogen (secondary N) is 1. The van der Waals surface area contributed by atoms with Gasteiger partial charge in [0.15, 0.2) is 0 Å². The summed E-state index contributed by atoms with van der Waals surface area (Å²) in [7, 11) is 0. The molecule has 0 saturated carbocycles. The number of amides is 1. The first-order valence-corrected chi connectivity index (χ1v) is 8.35. The van der Waals surface area contributed by atoms with Crippen LogP contribution in [0.3, 0.4) is 0 Å². The standard InChI is InChI=1S/C17H14BrNOS/c1-11(19-17(20)13-9-16(18)21-10-13)14-8-4-6-12-5-2-3-7-15(12)14/h2-11H,1H3,(H,19,20). The summed E-state index contributed by atoms with van der Waals surface area (Å²) in [6.07, 6.45) is 0. The first kappa shape index (κ1) is 14.3. The van der Waals surface area contributed by atoms with Gasteiger partial charge >= 0.3 is 0 Å². The molecule has 3 aromatic rings. The molecule has 0 aliphatic heterocycles. The van der Waals surface area contributed by atoms with Crippen LogP contribution in [0.5, 0.6) is 0 Å². The van der Waals surface area contributed by atoms with Gasteiger partial charge in [-0.05, 0) is 45.3 Å². The number of benzene rings is 2. The van der Waals surface area contributed by atoms with Gasteiger partial charge < -0.3 is 5.32 Å². The lowest BCUT2D eigenvalue weighted by atomic mass is 9.99. The van der Waals surface area contributed by atoms with Crippen molar-refractivity contribution in [2.45, 2.75) is 13.0 Å². The number of thiophene rings is 1. The summed E-state index contributed by atoms with van der Waals surface area (Å²) in [5, 5.41) is 7.29. The summed E-state index contributed by atoms with van der Waals surface area (Å²) in [4.78, 5) is 12.3. The van der Waals surface area contributed by atoms with E-state index >= 15 is 0 Å². The van der Waals surface area contributed by atoms with Gasteiger partial charge in [-0.3, -0.25) is 4.79 Å². The number of halogens is 1. The van der Waals surface area contributed by atoms with Gasteiger partial charge in [-0.25, -0.2) is 0 Å². The maximum absolute atomic E-state index is 12.3. The molecule has 0 bridgehead atoms. The summed E-state index contributed by atoms with van der Waals surface area (Å²) < 4.78 is 0.963. The normalized spacial score (nSPS) is 12.3. The molecule has 0 fully saturated rings. The Morgan fingerprint density at radius 3 is 2.71 bits per heavy atom. The quantitative estimate of drug-likeness (QED) is 0.687. The first-order chi connectivity index (χ1) is 10.1. The van der Waals surface area contributed by atoms with Crippen molar-refractivity contribution in [3.05, 3.63) is 68.8 Å². The van der Waals surface area contributed by atoms with Gasteiger partial charge in [0.1, 0.15) is 0 Å². The Kier molecular flexibility index (Phi) is 4.08. The fourth-order valence-electron chi connectivity index (χ4n) is 2.41. The molecule has 1 amide bonds. The number of carbonyl (C=O) groups is 1. The third kappa shape index (κ3) is 3.01. The predicted molar refractivity (Wildman–Crippen MR) is 91.8 cm³/mol. The van der Waals surface area contributed by atoms with Crippen LogP contribution >= 0.6 is 27.3 Å². The SMILES string of the molecule is CC(NC(=O)c1csc(Br)c1)c1cccc2ccccc12. The van der Waals surface area contributed by atoms with Crippen LogP contribution in [0.1, 0.15) is 28.9 Å². The summed E-state index contributed by atoms with van der Waals surface area (Å²) in [5.41, 5.74) is 1.83. The van der Waals surface area contributed by atoms with Gasteiger partial charge in [0.25, 0.3) is 5.91 Å². The Morgan fingerprint density at radius 1 is 1.19 bits per heavy atom. The van der Waals surface area contributed by atoms with E-state index in [1.807, 2.05) is 36.6 Å². The second kappa shape index (κ2) is 6.00. The Hall–Kier alpha value is -1.65. The fraction of sp³-hybridized carbons (Fsp3) is 0.118. The average molecular weight is 360 g/mol. The molecule has 2 aromatic carbocycles. The van der Waals surface area contributed by atoms with Crippen LogP contribution in [-0.4, -0.2) is 5.91 Å². The molecule has 1 unspecified atom stereocenters. The molecular formula is C17H14BrNOS.